The standard InChI is InChI=1S/C17H19Cl2NO/c1-12(2)13-3-5-17(6-4-13)21-8-7-20-16-10-14(18)9-15(19)11-16/h3-6,9-12,20H,7-8H2,1-2H3. The van der Waals surface area contributed by atoms with E-state index < -0.39 is 0 Å². The van der Waals surface area contributed by atoms with Gasteiger partial charge in [0.05, 0.1) is 0 Å². The molecule has 0 heterocycles. The van der Waals surface area contributed by atoms with Gasteiger partial charge in [-0.15, -0.1) is 0 Å². The predicted molar refractivity (Wildman–Crippen MR) is 91.0 cm³/mol. The van der Waals surface area contributed by atoms with Crippen molar-refractivity contribution in [1.29, 1.82) is 0 Å². The molecule has 0 fully saturated rings. The summed E-state index contributed by atoms with van der Waals surface area (Å²) in [6.07, 6.45) is 0. The fourth-order valence-electron chi connectivity index (χ4n) is 1.97. The van der Waals surface area contributed by atoms with Crippen LogP contribution in [0.5, 0.6) is 5.75 Å². The minimum absolute atomic E-state index is 0.535. The van der Waals surface area contributed by atoms with E-state index in [4.69, 9.17) is 27.9 Å². The molecule has 0 amide bonds. The van der Waals surface area contributed by atoms with Crippen LogP contribution in [0.15, 0.2) is 42.5 Å². The lowest BCUT2D eigenvalue weighted by Crippen LogP contribution is -2.11. The Morgan fingerprint density at radius 3 is 2.19 bits per heavy atom. The van der Waals surface area contributed by atoms with Crippen molar-refractivity contribution < 1.29 is 4.74 Å². The van der Waals surface area contributed by atoms with Crippen LogP contribution in [0.4, 0.5) is 5.69 Å². The number of anilines is 1. The van der Waals surface area contributed by atoms with Gasteiger partial charge in [-0.05, 0) is 41.8 Å². The number of benzene rings is 2. The summed E-state index contributed by atoms with van der Waals surface area (Å²) in [6, 6.07) is 13.6. The van der Waals surface area contributed by atoms with Crippen molar-refractivity contribution in [2.75, 3.05) is 18.5 Å². The molecule has 2 rings (SSSR count). The van der Waals surface area contributed by atoms with Crippen molar-refractivity contribution >= 4 is 28.9 Å². The Bertz CT molecular complexity index is 562. The van der Waals surface area contributed by atoms with E-state index in [0.29, 0.717) is 29.1 Å². The van der Waals surface area contributed by atoms with Crippen LogP contribution in [0.25, 0.3) is 0 Å². The van der Waals surface area contributed by atoms with Gasteiger partial charge in [0.1, 0.15) is 12.4 Å². The van der Waals surface area contributed by atoms with Crippen LogP contribution in [0, 0.1) is 0 Å². The number of hydrogen-bond donors (Lipinski definition) is 1. The molecule has 0 bridgehead atoms. The molecule has 0 aromatic heterocycles. The number of rotatable bonds is 6. The van der Waals surface area contributed by atoms with E-state index in [1.807, 2.05) is 24.3 Å². The second kappa shape index (κ2) is 7.58. The third kappa shape index (κ3) is 5.14. The molecule has 0 aliphatic heterocycles. The third-order valence-corrected chi connectivity index (χ3v) is 3.55. The van der Waals surface area contributed by atoms with E-state index in [1.54, 1.807) is 6.07 Å². The number of nitrogens with one attached hydrogen (secondary N) is 1. The van der Waals surface area contributed by atoms with Gasteiger partial charge in [-0.2, -0.15) is 0 Å². The van der Waals surface area contributed by atoms with Crippen molar-refractivity contribution in [2.24, 2.45) is 0 Å². The zero-order valence-corrected chi connectivity index (χ0v) is 13.7. The second-order valence-electron chi connectivity index (χ2n) is 5.16. The Hall–Kier alpha value is -1.38. The van der Waals surface area contributed by atoms with E-state index in [1.165, 1.54) is 5.56 Å². The number of halogens is 2. The largest absolute Gasteiger partial charge is 0.492 e. The molecule has 21 heavy (non-hydrogen) atoms. The first-order valence-electron chi connectivity index (χ1n) is 6.97. The van der Waals surface area contributed by atoms with E-state index in [9.17, 15) is 0 Å². The van der Waals surface area contributed by atoms with E-state index in [2.05, 4.69) is 31.3 Å². The van der Waals surface area contributed by atoms with Crippen LogP contribution in [-0.2, 0) is 0 Å². The highest BCUT2D eigenvalue weighted by atomic mass is 35.5. The molecule has 0 saturated carbocycles. The fraction of sp³-hybridized carbons (Fsp3) is 0.294. The molecule has 0 aliphatic carbocycles. The van der Waals surface area contributed by atoms with Gasteiger partial charge in [0.25, 0.3) is 0 Å². The highest BCUT2D eigenvalue weighted by Crippen LogP contribution is 2.22. The summed E-state index contributed by atoms with van der Waals surface area (Å²) < 4.78 is 5.69. The van der Waals surface area contributed by atoms with E-state index in [0.717, 1.165) is 11.4 Å². The van der Waals surface area contributed by atoms with Gasteiger partial charge in [-0.1, -0.05) is 49.2 Å². The topological polar surface area (TPSA) is 21.3 Å². The molecule has 2 aromatic rings. The molecule has 2 nitrogen and oxygen atoms in total. The SMILES string of the molecule is CC(C)c1ccc(OCCNc2cc(Cl)cc(Cl)c2)cc1. The zero-order chi connectivity index (χ0) is 15.2. The lowest BCUT2D eigenvalue weighted by Gasteiger charge is -2.10. The quantitative estimate of drug-likeness (QED) is 0.698. The van der Waals surface area contributed by atoms with Crippen molar-refractivity contribution in [3.63, 3.8) is 0 Å². The summed E-state index contributed by atoms with van der Waals surface area (Å²) >= 11 is 11.9. The Morgan fingerprint density at radius 1 is 1.00 bits per heavy atom. The zero-order valence-electron chi connectivity index (χ0n) is 12.2. The molecular formula is C17H19Cl2NO. The smallest absolute Gasteiger partial charge is 0.119 e. The monoisotopic (exact) mass is 323 g/mol. The molecule has 0 atom stereocenters. The summed E-state index contributed by atoms with van der Waals surface area (Å²) in [6.45, 7) is 5.61. The minimum atomic E-state index is 0.535. The summed E-state index contributed by atoms with van der Waals surface area (Å²) in [5.41, 5.74) is 2.21. The predicted octanol–water partition coefficient (Wildman–Crippen LogP) is 5.61. The summed E-state index contributed by atoms with van der Waals surface area (Å²) in [5, 5.41) is 4.47. The van der Waals surface area contributed by atoms with Crippen LogP contribution >= 0.6 is 23.2 Å². The maximum Gasteiger partial charge on any atom is 0.119 e. The summed E-state index contributed by atoms with van der Waals surface area (Å²) in [7, 11) is 0. The number of hydrogen-bond acceptors (Lipinski definition) is 2. The van der Waals surface area contributed by atoms with Gasteiger partial charge < -0.3 is 10.1 Å². The first-order valence-corrected chi connectivity index (χ1v) is 7.73. The van der Waals surface area contributed by atoms with Crippen molar-refractivity contribution in [3.8, 4) is 5.75 Å². The molecule has 0 aliphatic rings. The Morgan fingerprint density at radius 2 is 1.62 bits per heavy atom. The molecule has 1 N–H and O–H groups in total. The third-order valence-electron chi connectivity index (χ3n) is 3.11. The highest BCUT2D eigenvalue weighted by Gasteiger charge is 2.00. The summed E-state index contributed by atoms with van der Waals surface area (Å²) in [5.74, 6) is 1.42. The summed E-state index contributed by atoms with van der Waals surface area (Å²) in [4.78, 5) is 0. The molecule has 112 valence electrons. The Balaban J connectivity index is 1.79. The van der Waals surface area contributed by atoms with Crippen LogP contribution in [0.3, 0.4) is 0 Å². The Kier molecular flexibility index (Phi) is 5.77. The first kappa shape index (κ1) is 16.0. The maximum atomic E-state index is 5.94. The minimum Gasteiger partial charge on any atom is -0.492 e. The fourth-order valence-corrected chi connectivity index (χ4v) is 2.50. The van der Waals surface area contributed by atoms with Gasteiger partial charge in [-0.25, -0.2) is 0 Å². The lowest BCUT2D eigenvalue weighted by atomic mass is 10.0. The maximum absolute atomic E-state index is 5.94. The van der Waals surface area contributed by atoms with Gasteiger partial charge in [-0.3, -0.25) is 0 Å². The molecule has 4 heteroatoms. The molecule has 2 aromatic carbocycles. The number of ether oxygens (including phenoxy) is 1. The van der Waals surface area contributed by atoms with Gasteiger partial charge in [0, 0.05) is 22.3 Å². The second-order valence-corrected chi connectivity index (χ2v) is 6.03. The van der Waals surface area contributed by atoms with Gasteiger partial charge in [0.2, 0.25) is 0 Å². The van der Waals surface area contributed by atoms with E-state index in [-0.39, 0.29) is 0 Å². The molecule has 0 spiro atoms. The molecule has 0 radical (unpaired) electrons. The molecular weight excluding hydrogens is 305 g/mol. The van der Waals surface area contributed by atoms with Crippen LogP contribution < -0.4 is 10.1 Å². The molecule has 0 saturated heterocycles. The van der Waals surface area contributed by atoms with E-state index >= 15 is 0 Å². The van der Waals surface area contributed by atoms with Crippen LogP contribution in [0.1, 0.15) is 25.3 Å². The average Bonchev–Trinajstić information content (AvgIpc) is 2.43. The van der Waals surface area contributed by atoms with Gasteiger partial charge >= 0.3 is 0 Å². The van der Waals surface area contributed by atoms with Crippen molar-refractivity contribution in [2.45, 2.75) is 19.8 Å². The normalized spacial score (nSPS) is 10.7. The average molecular weight is 324 g/mol. The van der Waals surface area contributed by atoms with Crippen molar-refractivity contribution in [1.82, 2.24) is 0 Å². The van der Waals surface area contributed by atoms with Crippen molar-refractivity contribution in [3.05, 3.63) is 58.1 Å². The van der Waals surface area contributed by atoms with Gasteiger partial charge in [0.15, 0.2) is 0 Å². The Labute approximate surface area is 136 Å². The van der Waals surface area contributed by atoms with Crippen LogP contribution in [-0.4, -0.2) is 13.2 Å². The highest BCUT2D eigenvalue weighted by molar-refractivity contribution is 6.35. The molecule has 0 unspecified atom stereocenters. The first-order chi connectivity index (χ1) is 10.0. The lowest BCUT2D eigenvalue weighted by molar-refractivity contribution is 0.333. The van der Waals surface area contributed by atoms with Crippen LogP contribution in [0.2, 0.25) is 10.0 Å².